The zero-order valence-electron chi connectivity index (χ0n) is 9.25. The molecule has 0 heterocycles. The van der Waals surface area contributed by atoms with E-state index in [-0.39, 0.29) is 6.04 Å². The Morgan fingerprint density at radius 3 is 2.53 bits per heavy atom. The van der Waals surface area contributed by atoms with Crippen LogP contribution in [0.3, 0.4) is 0 Å². The number of ether oxygens (including phenoxy) is 2. The van der Waals surface area contributed by atoms with Crippen LogP contribution in [0.25, 0.3) is 0 Å². The van der Waals surface area contributed by atoms with E-state index >= 15 is 0 Å². The first-order chi connectivity index (χ1) is 7.27. The highest BCUT2D eigenvalue weighted by molar-refractivity contribution is 5.51. The van der Waals surface area contributed by atoms with Crippen molar-refractivity contribution in [2.45, 2.75) is 25.3 Å². The Balaban J connectivity index is 2.56. The van der Waals surface area contributed by atoms with Crippen LogP contribution >= 0.6 is 0 Å². The molecule has 0 aliphatic heterocycles. The summed E-state index contributed by atoms with van der Waals surface area (Å²) in [7, 11) is 3.38. The second-order valence-electron chi connectivity index (χ2n) is 3.86. The molecule has 0 unspecified atom stereocenters. The molecule has 3 heteroatoms. The van der Waals surface area contributed by atoms with Crippen molar-refractivity contribution in [2.24, 2.45) is 5.73 Å². The average molecular weight is 207 g/mol. The van der Waals surface area contributed by atoms with E-state index in [1.807, 2.05) is 12.1 Å². The molecule has 0 saturated carbocycles. The van der Waals surface area contributed by atoms with Crippen molar-refractivity contribution in [3.63, 3.8) is 0 Å². The van der Waals surface area contributed by atoms with Crippen LogP contribution in [-0.2, 0) is 6.42 Å². The lowest BCUT2D eigenvalue weighted by Crippen LogP contribution is -2.19. The van der Waals surface area contributed by atoms with Gasteiger partial charge >= 0.3 is 0 Å². The van der Waals surface area contributed by atoms with E-state index in [1.54, 1.807) is 14.2 Å². The predicted molar refractivity (Wildman–Crippen MR) is 59.4 cm³/mol. The first kappa shape index (κ1) is 10.3. The van der Waals surface area contributed by atoms with Gasteiger partial charge in [0, 0.05) is 17.2 Å². The van der Waals surface area contributed by atoms with Crippen molar-refractivity contribution >= 4 is 0 Å². The van der Waals surface area contributed by atoms with Gasteiger partial charge in [0.1, 0.15) is 11.5 Å². The smallest absolute Gasteiger partial charge is 0.124 e. The summed E-state index contributed by atoms with van der Waals surface area (Å²) in [6.07, 6.45) is 3.18. The normalized spacial score (nSPS) is 19.5. The molecule has 1 aliphatic rings. The number of benzene rings is 1. The standard InChI is InChI=1S/C12H17NO2/c1-14-10-6-7-11(15-2)12-8(10)4-3-5-9(12)13/h6-7,9H,3-5,13H2,1-2H3/t9-/m0/s1. The number of methoxy groups -OCH3 is 2. The van der Waals surface area contributed by atoms with Gasteiger partial charge in [0.15, 0.2) is 0 Å². The van der Waals surface area contributed by atoms with E-state index < -0.39 is 0 Å². The molecule has 0 fully saturated rings. The summed E-state index contributed by atoms with van der Waals surface area (Å²) in [5, 5.41) is 0. The zero-order valence-corrected chi connectivity index (χ0v) is 9.25. The van der Waals surface area contributed by atoms with Crippen LogP contribution in [-0.4, -0.2) is 14.2 Å². The lowest BCUT2D eigenvalue weighted by atomic mass is 9.87. The molecule has 0 amide bonds. The predicted octanol–water partition coefficient (Wildman–Crippen LogP) is 2.04. The van der Waals surface area contributed by atoms with E-state index in [9.17, 15) is 0 Å². The first-order valence-electron chi connectivity index (χ1n) is 5.27. The molecule has 1 aromatic rings. The summed E-state index contributed by atoms with van der Waals surface area (Å²) in [5.41, 5.74) is 8.46. The van der Waals surface area contributed by atoms with Crippen LogP contribution < -0.4 is 15.2 Å². The molecule has 2 N–H and O–H groups in total. The number of rotatable bonds is 2. The minimum absolute atomic E-state index is 0.0822. The molecule has 2 rings (SSSR count). The van der Waals surface area contributed by atoms with Crippen LogP contribution in [0.15, 0.2) is 12.1 Å². The summed E-state index contributed by atoms with van der Waals surface area (Å²) in [4.78, 5) is 0. The van der Waals surface area contributed by atoms with Crippen molar-refractivity contribution in [1.29, 1.82) is 0 Å². The monoisotopic (exact) mass is 207 g/mol. The van der Waals surface area contributed by atoms with E-state index in [0.717, 1.165) is 36.3 Å². The summed E-state index contributed by atoms with van der Waals surface area (Å²) < 4.78 is 10.7. The molecule has 0 spiro atoms. The van der Waals surface area contributed by atoms with Gasteiger partial charge in [-0.1, -0.05) is 0 Å². The van der Waals surface area contributed by atoms with Crippen LogP contribution in [0.4, 0.5) is 0 Å². The van der Waals surface area contributed by atoms with E-state index in [1.165, 1.54) is 5.56 Å². The van der Waals surface area contributed by atoms with Gasteiger partial charge in [-0.3, -0.25) is 0 Å². The van der Waals surface area contributed by atoms with Crippen LogP contribution in [0.2, 0.25) is 0 Å². The quantitative estimate of drug-likeness (QED) is 0.807. The van der Waals surface area contributed by atoms with Crippen molar-refractivity contribution in [2.75, 3.05) is 14.2 Å². The summed E-state index contributed by atoms with van der Waals surface area (Å²) in [6, 6.07) is 3.97. The maximum atomic E-state index is 6.11. The maximum Gasteiger partial charge on any atom is 0.124 e. The fraction of sp³-hybridized carbons (Fsp3) is 0.500. The average Bonchev–Trinajstić information content (AvgIpc) is 2.28. The van der Waals surface area contributed by atoms with Gasteiger partial charge in [0.05, 0.1) is 14.2 Å². The minimum atomic E-state index is 0.0822. The molecule has 0 radical (unpaired) electrons. The highest BCUT2D eigenvalue weighted by Gasteiger charge is 2.23. The molecule has 1 atom stereocenters. The third-order valence-electron chi connectivity index (χ3n) is 3.03. The van der Waals surface area contributed by atoms with Crippen LogP contribution in [0.1, 0.15) is 30.0 Å². The molecule has 3 nitrogen and oxygen atoms in total. The number of nitrogens with two attached hydrogens (primary N) is 1. The molecule has 0 saturated heterocycles. The van der Waals surface area contributed by atoms with Crippen LogP contribution in [0.5, 0.6) is 11.5 Å². The van der Waals surface area contributed by atoms with Crippen molar-refractivity contribution in [3.05, 3.63) is 23.3 Å². The van der Waals surface area contributed by atoms with Crippen molar-refractivity contribution in [1.82, 2.24) is 0 Å². The Bertz CT molecular complexity index is 363. The lowest BCUT2D eigenvalue weighted by molar-refractivity contribution is 0.382. The van der Waals surface area contributed by atoms with Crippen molar-refractivity contribution < 1.29 is 9.47 Å². The second-order valence-corrected chi connectivity index (χ2v) is 3.86. The minimum Gasteiger partial charge on any atom is -0.496 e. The summed E-state index contributed by atoms with van der Waals surface area (Å²) >= 11 is 0. The fourth-order valence-corrected chi connectivity index (χ4v) is 2.30. The Morgan fingerprint density at radius 1 is 1.20 bits per heavy atom. The Labute approximate surface area is 90.2 Å². The van der Waals surface area contributed by atoms with Crippen molar-refractivity contribution in [3.8, 4) is 11.5 Å². The van der Waals surface area contributed by atoms with Gasteiger partial charge in [-0.05, 0) is 31.4 Å². The highest BCUT2D eigenvalue weighted by Crippen LogP contribution is 2.39. The van der Waals surface area contributed by atoms with Gasteiger partial charge in [-0.2, -0.15) is 0 Å². The molecule has 0 bridgehead atoms. The molecule has 0 aromatic heterocycles. The van der Waals surface area contributed by atoms with Gasteiger partial charge in [-0.15, -0.1) is 0 Å². The summed E-state index contributed by atoms with van der Waals surface area (Å²) in [5.74, 6) is 1.82. The van der Waals surface area contributed by atoms with Crippen LogP contribution in [0, 0.1) is 0 Å². The topological polar surface area (TPSA) is 44.5 Å². The number of hydrogen-bond acceptors (Lipinski definition) is 3. The molecule has 15 heavy (non-hydrogen) atoms. The lowest BCUT2D eigenvalue weighted by Gasteiger charge is -2.26. The molecular weight excluding hydrogens is 190 g/mol. The Kier molecular flexibility index (Phi) is 2.82. The number of fused-ring (bicyclic) bond motifs is 1. The van der Waals surface area contributed by atoms with Gasteiger partial charge in [-0.25, -0.2) is 0 Å². The third kappa shape index (κ3) is 1.67. The SMILES string of the molecule is COc1ccc(OC)c2c1CCC[C@@H]2N. The maximum absolute atomic E-state index is 6.11. The highest BCUT2D eigenvalue weighted by atomic mass is 16.5. The van der Waals surface area contributed by atoms with E-state index in [4.69, 9.17) is 15.2 Å². The largest absolute Gasteiger partial charge is 0.496 e. The molecule has 82 valence electrons. The molecule has 1 aliphatic carbocycles. The Hall–Kier alpha value is -1.22. The van der Waals surface area contributed by atoms with E-state index in [0.29, 0.717) is 0 Å². The fourth-order valence-electron chi connectivity index (χ4n) is 2.30. The summed E-state index contributed by atoms with van der Waals surface area (Å²) in [6.45, 7) is 0. The zero-order chi connectivity index (χ0) is 10.8. The second kappa shape index (κ2) is 4.11. The molecule has 1 aromatic carbocycles. The van der Waals surface area contributed by atoms with Gasteiger partial charge in [0.25, 0.3) is 0 Å². The third-order valence-corrected chi connectivity index (χ3v) is 3.03. The first-order valence-corrected chi connectivity index (χ1v) is 5.27. The molecular formula is C12H17NO2. The number of hydrogen-bond donors (Lipinski definition) is 1. The Morgan fingerprint density at radius 2 is 1.87 bits per heavy atom. The van der Waals surface area contributed by atoms with E-state index in [2.05, 4.69) is 0 Å². The van der Waals surface area contributed by atoms with Gasteiger partial charge < -0.3 is 15.2 Å². The van der Waals surface area contributed by atoms with Gasteiger partial charge in [0.2, 0.25) is 0 Å².